The summed E-state index contributed by atoms with van der Waals surface area (Å²) in [5.41, 5.74) is -0.456. The van der Waals surface area contributed by atoms with Crippen LogP contribution in [0, 0.1) is 11.3 Å². The van der Waals surface area contributed by atoms with Gasteiger partial charge in [-0.2, -0.15) is 5.26 Å². The van der Waals surface area contributed by atoms with E-state index in [4.69, 9.17) is 0 Å². The van der Waals surface area contributed by atoms with Gasteiger partial charge in [-0.1, -0.05) is 31.5 Å². The van der Waals surface area contributed by atoms with Crippen molar-refractivity contribution in [1.82, 2.24) is 9.13 Å². The van der Waals surface area contributed by atoms with Gasteiger partial charge in [0.25, 0.3) is 5.56 Å². The molecule has 0 atom stereocenters. The predicted molar refractivity (Wildman–Crippen MR) is 87.7 cm³/mol. The molecule has 0 unspecified atom stereocenters. The van der Waals surface area contributed by atoms with Gasteiger partial charge in [0.1, 0.15) is 16.7 Å². The van der Waals surface area contributed by atoms with Gasteiger partial charge in [0.05, 0.1) is 5.69 Å². The van der Waals surface area contributed by atoms with E-state index in [0.29, 0.717) is 17.3 Å². The van der Waals surface area contributed by atoms with Crippen LogP contribution < -0.4 is 11.2 Å². The van der Waals surface area contributed by atoms with Gasteiger partial charge in [0.2, 0.25) is 0 Å². The zero-order valence-electron chi connectivity index (χ0n) is 12.6. The van der Waals surface area contributed by atoms with E-state index in [1.54, 1.807) is 30.5 Å². The summed E-state index contributed by atoms with van der Waals surface area (Å²) in [6.45, 7) is 2.52. The molecule has 0 saturated carbocycles. The lowest BCUT2D eigenvalue weighted by atomic mass is 10.3. The van der Waals surface area contributed by atoms with Crippen molar-refractivity contribution in [3.63, 3.8) is 0 Å². The molecule has 0 spiro atoms. The van der Waals surface area contributed by atoms with Gasteiger partial charge in [-0.25, -0.2) is 9.36 Å². The maximum atomic E-state index is 12.7. The fraction of sp³-hybridized carbons (Fsp3) is 0.312. The topological polar surface area (TPSA) is 67.8 Å². The van der Waals surface area contributed by atoms with Crippen molar-refractivity contribution in [3.05, 3.63) is 56.7 Å². The van der Waals surface area contributed by atoms with Crippen LogP contribution in [0.2, 0.25) is 0 Å². The van der Waals surface area contributed by atoms with Crippen LogP contribution in [0.3, 0.4) is 0 Å². The van der Waals surface area contributed by atoms with Gasteiger partial charge in [-0.05, 0) is 24.8 Å². The largest absolute Gasteiger partial charge is 0.336 e. The summed E-state index contributed by atoms with van der Waals surface area (Å²) >= 11 is 1.26. The smallest absolute Gasteiger partial charge is 0.286 e. The van der Waals surface area contributed by atoms with Crippen molar-refractivity contribution < 1.29 is 0 Å². The number of unbranched alkanes of at least 4 members (excludes halogenated alkanes) is 1. The summed E-state index contributed by atoms with van der Waals surface area (Å²) in [5.74, 6) is 0. The SMILES string of the molecule is CCCCn1c(SC)c(C#N)c(=O)n(-c2ccccc2)c1=O. The molecule has 0 radical (unpaired) electrons. The normalized spacial score (nSPS) is 10.4. The molecule has 2 rings (SSSR count). The monoisotopic (exact) mass is 315 g/mol. The van der Waals surface area contributed by atoms with Gasteiger partial charge in [0, 0.05) is 6.54 Å². The van der Waals surface area contributed by atoms with E-state index in [1.165, 1.54) is 16.3 Å². The Bertz CT molecular complexity index is 816. The lowest BCUT2D eigenvalue weighted by Crippen LogP contribution is -2.41. The highest BCUT2D eigenvalue weighted by Gasteiger charge is 2.19. The number of hydrogen-bond donors (Lipinski definition) is 0. The van der Waals surface area contributed by atoms with E-state index in [-0.39, 0.29) is 5.56 Å². The lowest BCUT2D eigenvalue weighted by molar-refractivity contribution is 0.537. The highest BCUT2D eigenvalue weighted by atomic mass is 32.2. The number of thioether (sulfide) groups is 1. The first-order valence-electron chi connectivity index (χ1n) is 7.05. The minimum Gasteiger partial charge on any atom is -0.286 e. The maximum absolute atomic E-state index is 12.7. The van der Waals surface area contributed by atoms with Crippen LogP contribution in [0.15, 0.2) is 44.9 Å². The first-order chi connectivity index (χ1) is 10.7. The third-order valence-electron chi connectivity index (χ3n) is 3.35. The summed E-state index contributed by atoms with van der Waals surface area (Å²) in [6, 6.07) is 10.7. The van der Waals surface area contributed by atoms with E-state index >= 15 is 0 Å². The Morgan fingerprint density at radius 3 is 2.45 bits per heavy atom. The average molecular weight is 315 g/mol. The molecule has 0 amide bonds. The third kappa shape index (κ3) is 2.85. The molecule has 114 valence electrons. The number of para-hydroxylation sites is 1. The first-order valence-corrected chi connectivity index (χ1v) is 8.27. The van der Waals surface area contributed by atoms with Crippen LogP contribution in [0.25, 0.3) is 5.69 Å². The molecule has 22 heavy (non-hydrogen) atoms. The quantitative estimate of drug-likeness (QED) is 0.627. The van der Waals surface area contributed by atoms with E-state index in [9.17, 15) is 14.9 Å². The summed E-state index contributed by atoms with van der Waals surface area (Å²) in [4.78, 5) is 25.3. The van der Waals surface area contributed by atoms with Crippen LogP contribution in [-0.4, -0.2) is 15.4 Å². The Hall–Kier alpha value is -2.26. The number of benzene rings is 1. The number of aromatic nitrogens is 2. The Kier molecular flexibility index (Phi) is 5.23. The van der Waals surface area contributed by atoms with E-state index in [1.807, 2.05) is 19.1 Å². The second-order valence-electron chi connectivity index (χ2n) is 4.76. The third-order valence-corrected chi connectivity index (χ3v) is 4.16. The van der Waals surface area contributed by atoms with Crippen molar-refractivity contribution >= 4 is 11.8 Å². The second-order valence-corrected chi connectivity index (χ2v) is 5.55. The van der Waals surface area contributed by atoms with E-state index in [2.05, 4.69) is 0 Å². The minimum atomic E-state index is -0.559. The van der Waals surface area contributed by atoms with Crippen LogP contribution in [0.4, 0.5) is 0 Å². The fourth-order valence-corrected chi connectivity index (χ4v) is 2.99. The fourth-order valence-electron chi connectivity index (χ4n) is 2.26. The van der Waals surface area contributed by atoms with Crippen LogP contribution in [0.5, 0.6) is 0 Å². The molecule has 2 aromatic rings. The Morgan fingerprint density at radius 2 is 1.91 bits per heavy atom. The number of nitriles is 1. The number of hydrogen-bond acceptors (Lipinski definition) is 4. The van der Waals surface area contributed by atoms with Crippen molar-refractivity contribution in [2.24, 2.45) is 0 Å². The molecule has 0 aliphatic heterocycles. The molecule has 0 aliphatic rings. The molecule has 0 saturated heterocycles. The second kappa shape index (κ2) is 7.14. The molecule has 0 aliphatic carbocycles. The molecule has 6 heteroatoms. The highest BCUT2D eigenvalue weighted by molar-refractivity contribution is 7.98. The Labute approximate surface area is 132 Å². The van der Waals surface area contributed by atoms with Gasteiger partial charge < -0.3 is 0 Å². The van der Waals surface area contributed by atoms with Gasteiger partial charge in [-0.3, -0.25) is 9.36 Å². The first kappa shape index (κ1) is 16.1. The molecular formula is C16H17N3O2S. The zero-order valence-corrected chi connectivity index (χ0v) is 13.4. The molecule has 1 aromatic heterocycles. The molecular weight excluding hydrogens is 298 g/mol. The summed E-state index contributed by atoms with van der Waals surface area (Å²) in [6.07, 6.45) is 3.50. The van der Waals surface area contributed by atoms with Gasteiger partial charge in [0.15, 0.2) is 0 Å². The molecule has 0 N–H and O–H groups in total. The lowest BCUT2D eigenvalue weighted by Gasteiger charge is -2.15. The zero-order chi connectivity index (χ0) is 16.1. The van der Waals surface area contributed by atoms with Crippen LogP contribution in [-0.2, 0) is 6.54 Å². The van der Waals surface area contributed by atoms with E-state index in [0.717, 1.165) is 17.4 Å². The molecule has 5 nitrogen and oxygen atoms in total. The Morgan fingerprint density at radius 1 is 1.23 bits per heavy atom. The molecule has 0 fully saturated rings. The van der Waals surface area contributed by atoms with E-state index < -0.39 is 11.2 Å². The predicted octanol–water partition coefficient (Wildman–Crippen LogP) is 2.39. The summed E-state index contributed by atoms with van der Waals surface area (Å²) in [7, 11) is 0. The van der Waals surface area contributed by atoms with Gasteiger partial charge in [-0.15, -0.1) is 11.8 Å². The van der Waals surface area contributed by atoms with Gasteiger partial charge >= 0.3 is 5.69 Å². The number of rotatable bonds is 5. The summed E-state index contributed by atoms with van der Waals surface area (Å²) < 4.78 is 2.61. The molecule has 0 bridgehead atoms. The van der Waals surface area contributed by atoms with Crippen LogP contribution >= 0.6 is 11.8 Å². The molecule has 1 heterocycles. The molecule has 1 aromatic carbocycles. The number of nitrogens with zero attached hydrogens (tertiary/aromatic N) is 3. The standard InChI is InChI=1S/C16H17N3O2S/c1-3-4-10-18-15(22-2)13(11-17)14(20)19(16(18)21)12-8-6-5-7-9-12/h5-9H,3-4,10H2,1-2H3. The van der Waals surface area contributed by atoms with Crippen LogP contribution in [0.1, 0.15) is 25.3 Å². The maximum Gasteiger partial charge on any atom is 0.336 e. The van der Waals surface area contributed by atoms with Crippen molar-refractivity contribution in [3.8, 4) is 11.8 Å². The van der Waals surface area contributed by atoms with Crippen molar-refractivity contribution in [2.75, 3.05) is 6.26 Å². The Balaban J connectivity index is 2.83. The van der Waals surface area contributed by atoms with Crippen molar-refractivity contribution in [2.45, 2.75) is 31.3 Å². The minimum absolute atomic E-state index is 0.0204. The van der Waals surface area contributed by atoms with Crippen molar-refractivity contribution in [1.29, 1.82) is 5.26 Å². The highest BCUT2D eigenvalue weighted by Crippen LogP contribution is 2.17. The summed E-state index contributed by atoms with van der Waals surface area (Å²) in [5, 5.41) is 9.79. The average Bonchev–Trinajstić information content (AvgIpc) is 2.54.